The zero-order valence-corrected chi connectivity index (χ0v) is 15.6. The summed E-state index contributed by atoms with van der Waals surface area (Å²) in [5.74, 6) is 0.194. The van der Waals surface area contributed by atoms with E-state index >= 15 is 0 Å². The van der Waals surface area contributed by atoms with E-state index in [0.717, 1.165) is 10.6 Å². The molecule has 0 spiro atoms. The van der Waals surface area contributed by atoms with Crippen molar-refractivity contribution in [3.05, 3.63) is 22.7 Å². The fourth-order valence-corrected chi connectivity index (χ4v) is 2.90. The molecule has 0 aromatic heterocycles. The average molecular weight is 363 g/mol. The minimum Gasteiger partial charge on any atom is -0.494 e. The molecule has 1 amide bonds. The minimum absolute atomic E-state index is 0.276. The van der Waals surface area contributed by atoms with Gasteiger partial charge in [-0.05, 0) is 24.5 Å². The number of carbonyl (C=O) groups excluding carboxylic acids is 1. The molecule has 0 atom stereocenters. The van der Waals surface area contributed by atoms with Crippen LogP contribution in [0.25, 0.3) is 0 Å². The number of aryl methyl sites for hydroxylation is 1. The maximum absolute atomic E-state index is 12.1. The maximum Gasteiger partial charge on any atom is 0.240 e. The maximum atomic E-state index is 12.1. The molecule has 130 valence electrons. The average Bonchev–Trinajstić information content (AvgIpc) is 2.44. The summed E-state index contributed by atoms with van der Waals surface area (Å²) >= 11 is 6.05. The second-order valence-electron chi connectivity index (χ2n) is 5.74. The Morgan fingerprint density at radius 2 is 2.00 bits per heavy atom. The summed E-state index contributed by atoms with van der Waals surface area (Å²) in [4.78, 5) is 12.0. The Bertz CT molecular complexity index is 674. The van der Waals surface area contributed by atoms with Gasteiger partial charge in [-0.1, -0.05) is 25.4 Å². The van der Waals surface area contributed by atoms with Crippen molar-refractivity contribution in [2.45, 2.75) is 20.8 Å². The number of nitrogens with zero attached hydrogens (tertiary/aromatic N) is 1. The van der Waals surface area contributed by atoms with Crippen molar-refractivity contribution in [1.29, 1.82) is 0 Å². The highest BCUT2D eigenvalue weighted by Crippen LogP contribution is 2.34. The van der Waals surface area contributed by atoms with Crippen LogP contribution in [0.15, 0.2) is 12.1 Å². The van der Waals surface area contributed by atoms with Gasteiger partial charge < -0.3 is 10.1 Å². The summed E-state index contributed by atoms with van der Waals surface area (Å²) in [6, 6.07) is 3.13. The molecule has 1 N–H and O–H groups in total. The molecule has 0 radical (unpaired) electrons. The molecule has 0 aliphatic carbocycles. The molecule has 1 aromatic rings. The number of amides is 1. The van der Waals surface area contributed by atoms with Gasteiger partial charge in [-0.25, -0.2) is 8.42 Å². The molecule has 1 rings (SSSR count). The van der Waals surface area contributed by atoms with E-state index in [9.17, 15) is 13.2 Å². The first-order valence-corrected chi connectivity index (χ1v) is 9.37. The Balaban J connectivity index is 3.19. The number of carbonyl (C=O) groups is 1. The topological polar surface area (TPSA) is 75.7 Å². The summed E-state index contributed by atoms with van der Waals surface area (Å²) in [5, 5.41) is 3.17. The lowest BCUT2D eigenvalue weighted by Crippen LogP contribution is -2.41. The Hall–Kier alpha value is -1.47. The van der Waals surface area contributed by atoms with Gasteiger partial charge in [0, 0.05) is 17.6 Å². The van der Waals surface area contributed by atoms with Crippen LogP contribution in [0.4, 0.5) is 5.69 Å². The van der Waals surface area contributed by atoms with Gasteiger partial charge in [0.15, 0.2) is 0 Å². The third-order valence-corrected chi connectivity index (χ3v) is 4.66. The van der Waals surface area contributed by atoms with Gasteiger partial charge in [-0.2, -0.15) is 0 Å². The lowest BCUT2D eigenvalue weighted by molar-refractivity contribution is -0.119. The predicted octanol–water partition coefficient (Wildman–Crippen LogP) is 2.20. The molecular formula is C15H23ClN2O4S. The molecule has 0 aliphatic rings. The second kappa shape index (κ2) is 7.88. The minimum atomic E-state index is -3.66. The molecule has 8 heteroatoms. The van der Waals surface area contributed by atoms with Gasteiger partial charge in [0.1, 0.15) is 12.3 Å². The fraction of sp³-hybridized carbons (Fsp3) is 0.533. The fourth-order valence-electron chi connectivity index (χ4n) is 1.89. The first kappa shape index (κ1) is 19.6. The Labute approximate surface area is 142 Å². The Kier molecular flexibility index (Phi) is 6.70. The van der Waals surface area contributed by atoms with Crippen LogP contribution < -0.4 is 14.4 Å². The van der Waals surface area contributed by atoms with Crippen LogP contribution in [0.2, 0.25) is 5.02 Å². The van der Waals surface area contributed by atoms with Crippen LogP contribution in [0, 0.1) is 12.8 Å². The zero-order chi connectivity index (χ0) is 17.8. The number of halogens is 1. The van der Waals surface area contributed by atoms with Crippen LogP contribution in [0.3, 0.4) is 0 Å². The van der Waals surface area contributed by atoms with E-state index in [-0.39, 0.29) is 24.1 Å². The third kappa shape index (κ3) is 5.58. The Morgan fingerprint density at radius 1 is 1.39 bits per heavy atom. The first-order chi connectivity index (χ1) is 10.6. The molecule has 0 aliphatic heterocycles. The smallest absolute Gasteiger partial charge is 0.240 e. The first-order valence-electron chi connectivity index (χ1n) is 7.14. The van der Waals surface area contributed by atoms with E-state index < -0.39 is 10.0 Å². The van der Waals surface area contributed by atoms with E-state index in [2.05, 4.69) is 5.32 Å². The van der Waals surface area contributed by atoms with Crippen LogP contribution in [0.5, 0.6) is 5.75 Å². The van der Waals surface area contributed by atoms with E-state index in [4.69, 9.17) is 16.3 Å². The van der Waals surface area contributed by atoms with E-state index in [0.29, 0.717) is 22.9 Å². The number of rotatable bonds is 7. The third-order valence-electron chi connectivity index (χ3n) is 3.12. The number of sulfonamides is 1. The molecule has 0 saturated carbocycles. The van der Waals surface area contributed by atoms with E-state index in [1.54, 1.807) is 13.0 Å². The molecule has 0 unspecified atom stereocenters. The summed E-state index contributed by atoms with van der Waals surface area (Å²) < 4.78 is 30.5. The van der Waals surface area contributed by atoms with Gasteiger partial charge in [-0.15, -0.1) is 0 Å². The lowest BCUT2D eigenvalue weighted by atomic mass is 10.2. The number of hydrogen-bond acceptors (Lipinski definition) is 4. The molecule has 23 heavy (non-hydrogen) atoms. The molecule has 1 aromatic carbocycles. The molecule has 0 bridgehead atoms. The predicted molar refractivity (Wildman–Crippen MR) is 92.8 cm³/mol. The number of ether oxygens (including phenoxy) is 1. The standard InChI is InChI=1S/C15H23ClN2O4S/c1-10(2)8-17-15(19)9-18(23(5,20)21)13-6-11(3)12(16)7-14(13)22-4/h6-7,10H,8-9H2,1-5H3,(H,17,19). The quantitative estimate of drug-likeness (QED) is 0.806. The van der Waals surface area contributed by atoms with Crippen LogP contribution >= 0.6 is 11.6 Å². The summed E-state index contributed by atoms with van der Waals surface area (Å²) in [6.45, 7) is 5.83. The highest BCUT2D eigenvalue weighted by atomic mass is 35.5. The number of methoxy groups -OCH3 is 1. The van der Waals surface area contributed by atoms with Gasteiger partial charge in [-0.3, -0.25) is 9.10 Å². The second-order valence-corrected chi connectivity index (χ2v) is 8.05. The summed E-state index contributed by atoms with van der Waals surface area (Å²) in [6.07, 6.45) is 1.05. The van der Waals surface area contributed by atoms with Crippen molar-refractivity contribution in [2.24, 2.45) is 5.92 Å². The molecule has 0 fully saturated rings. The largest absolute Gasteiger partial charge is 0.494 e. The number of benzene rings is 1. The van der Waals surface area contributed by atoms with Crippen molar-refractivity contribution < 1.29 is 17.9 Å². The SMILES string of the molecule is COc1cc(Cl)c(C)cc1N(CC(=O)NCC(C)C)S(C)(=O)=O. The number of anilines is 1. The van der Waals surface area contributed by atoms with Crippen LogP contribution in [0.1, 0.15) is 19.4 Å². The molecule has 0 heterocycles. The van der Waals surface area contributed by atoms with Crippen LogP contribution in [-0.2, 0) is 14.8 Å². The van der Waals surface area contributed by atoms with Gasteiger partial charge >= 0.3 is 0 Å². The molecule has 6 nitrogen and oxygen atoms in total. The van der Waals surface area contributed by atoms with Crippen molar-refractivity contribution in [3.63, 3.8) is 0 Å². The summed E-state index contributed by atoms with van der Waals surface area (Å²) in [7, 11) is -2.24. The van der Waals surface area contributed by atoms with Crippen molar-refractivity contribution in [2.75, 3.05) is 30.8 Å². The van der Waals surface area contributed by atoms with Gasteiger partial charge in [0.2, 0.25) is 15.9 Å². The number of nitrogens with one attached hydrogen (secondary N) is 1. The van der Waals surface area contributed by atoms with Gasteiger partial charge in [0.25, 0.3) is 0 Å². The highest BCUT2D eigenvalue weighted by molar-refractivity contribution is 7.92. The monoisotopic (exact) mass is 362 g/mol. The lowest BCUT2D eigenvalue weighted by Gasteiger charge is -2.24. The summed E-state index contributed by atoms with van der Waals surface area (Å²) in [5.41, 5.74) is 0.982. The van der Waals surface area contributed by atoms with Gasteiger partial charge in [0.05, 0.1) is 19.1 Å². The Morgan fingerprint density at radius 3 is 2.48 bits per heavy atom. The normalized spacial score (nSPS) is 11.4. The van der Waals surface area contributed by atoms with Crippen molar-refractivity contribution >= 4 is 33.2 Å². The molecular weight excluding hydrogens is 340 g/mol. The van der Waals surface area contributed by atoms with Crippen molar-refractivity contribution in [1.82, 2.24) is 5.32 Å². The molecule has 0 saturated heterocycles. The van der Waals surface area contributed by atoms with E-state index in [1.165, 1.54) is 13.2 Å². The number of hydrogen-bond donors (Lipinski definition) is 1. The van der Waals surface area contributed by atoms with Crippen molar-refractivity contribution in [3.8, 4) is 5.75 Å². The van der Waals surface area contributed by atoms with E-state index in [1.807, 2.05) is 13.8 Å². The zero-order valence-electron chi connectivity index (χ0n) is 14.0. The highest BCUT2D eigenvalue weighted by Gasteiger charge is 2.24. The van der Waals surface area contributed by atoms with Crippen LogP contribution in [-0.4, -0.2) is 40.8 Å².